The van der Waals surface area contributed by atoms with Crippen molar-refractivity contribution in [1.29, 1.82) is 10.5 Å². The molecule has 6 heteroatoms. The highest BCUT2D eigenvalue weighted by Crippen LogP contribution is 2.50. The predicted octanol–water partition coefficient (Wildman–Crippen LogP) is 5.62. The van der Waals surface area contributed by atoms with Gasteiger partial charge in [-0.25, -0.2) is 0 Å². The van der Waals surface area contributed by atoms with Gasteiger partial charge in [-0.1, -0.05) is 37.3 Å². The van der Waals surface area contributed by atoms with Crippen LogP contribution in [0.4, 0.5) is 0 Å². The van der Waals surface area contributed by atoms with Crippen molar-refractivity contribution in [2.75, 3.05) is 26.2 Å². The number of ether oxygens (including phenoxy) is 2. The van der Waals surface area contributed by atoms with E-state index in [1.165, 1.54) is 0 Å². The van der Waals surface area contributed by atoms with Gasteiger partial charge in [0, 0.05) is 18.9 Å². The zero-order valence-corrected chi connectivity index (χ0v) is 21.8. The first kappa shape index (κ1) is 26.7. The van der Waals surface area contributed by atoms with Crippen LogP contribution in [0, 0.1) is 34.5 Å². The van der Waals surface area contributed by atoms with Crippen molar-refractivity contribution >= 4 is 5.97 Å². The molecule has 0 aromatic heterocycles. The molecule has 0 bridgehead atoms. The molecule has 194 valence electrons. The third-order valence-electron chi connectivity index (χ3n) is 8.15. The summed E-state index contributed by atoms with van der Waals surface area (Å²) < 4.78 is 11.7. The van der Waals surface area contributed by atoms with E-state index in [-0.39, 0.29) is 23.9 Å². The molecule has 3 atom stereocenters. The summed E-state index contributed by atoms with van der Waals surface area (Å²) in [4.78, 5) is 14.7. The third-order valence-corrected chi connectivity index (χ3v) is 8.15. The summed E-state index contributed by atoms with van der Waals surface area (Å²) in [6, 6.07) is 22.4. The zero-order valence-electron chi connectivity index (χ0n) is 21.8. The van der Waals surface area contributed by atoms with Crippen LogP contribution >= 0.6 is 0 Å². The molecule has 1 aliphatic heterocycles. The highest BCUT2D eigenvalue weighted by Gasteiger charge is 2.53. The molecule has 1 unspecified atom stereocenters. The van der Waals surface area contributed by atoms with Crippen molar-refractivity contribution in [3.8, 4) is 17.9 Å². The van der Waals surface area contributed by atoms with E-state index in [1.807, 2.05) is 37.3 Å². The predicted molar refractivity (Wildman–Crippen MR) is 142 cm³/mol. The van der Waals surface area contributed by atoms with Crippen LogP contribution in [0.3, 0.4) is 0 Å². The van der Waals surface area contributed by atoms with Gasteiger partial charge in [-0.05, 0) is 87.4 Å². The van der Waals surface area contributed by atoms with E-state index < -0.39 is 5.41 Å². The summed E-state index contributed by atoms with van der Waals surface area (Å²) in [5, 5.41) is 19.7. The summed E-state index contributed by atoms with van der Waals surface area (Å²) in [5.41, 5.74) is 1.05. The standard InChI is InChI=1S/C31H37N3O3/c1-2-30(35)37-29-11-6-10-28(29)31(23-33,25-8-4-3-5-9-25)26-16-19-34(20-17-26)18-7-21-36-27-14-12-24(22-32)13-15-27/h3-5,8-9,12-15,26,28-29H,2,6-7,10-11,16-21H2,1H3/t28-,29-,31?/m0/s1. The van der Waals surface area contributed by atoms with Gasteiger partial charge in [-0.2, -0.15) is 10.5 Å². The first-order chi connectivity index (χ1) is 18.1. The number of esters is 1. The van der Waals surface area contributed by atoms with Crippen molar-refractivity contribution in [3.63, 3.8) is 0 Å². The smallest absolute Gasteiger partial charge is 0.305 e. The van der Waals surface area contributed by atoms with E-state index in [0.717, 1.165) is 69.5 Å². The van der Waals surface area contributed by atoms with E-state index in [9.17, 15) is 10.1 Å². The lowest BCUT2D eigenvalue weighted by Crippen LogP contribution is -2.49. The van der Waals surface area contributed by atoms with Crippen LogP contribution in [-0.4, -0.2) is 43.2 Å². The second kappa shape index (κ2) is 12.7. The number of benzene rings is 2. The first-order valence-corrected chi connectivity index (χ1v) is 13.6. The number of nitrogens with zero attached hydrogens (tertiary/aromatic N) is 3. The van der Waals surface area contributed by atoms with Gasteiger partial charge in [0.25, 0.3) is 0 Å². The normalized spacial score (nSPS) is 21.9. The fourth-order valence-electron chi connectivity index (χ4n) is 6.26. The van der Waals surface area contributed by atoms with Crippen LogP contribution in [0.2, 0.25) is 0 Å². The molecule has 1 saturated heterocycles. The van der Waals surface area contributed by atoms with E-state index in [2.05, 4.69) is 29.2 Å². The number of likely N-dealkylation sites (tertiary alicyclic amines) is 1. The maximum Gasteiger partial charge on any atom is 0.305 e. The molecule has 1 saturated carbocycles. The molecule has 1 heterocycles. The minimum Gasteiger partial charge on any atom is -0.494 e. The summed E-state index contributed by atoms with van der Waals surface area (Å²) in [7, 11) is 0. The Morgan fingerprint density at radius 3 is 2.41 bits per heavy atom. The summed E-state index contributed by atoms with van der Waals surface area (Å²) in [6.45, 7) is 5.30. The fraction of sp³-hybridized carbons (Fsp3) is 0.516. The third kappa shape index (κ3) is 6.14. The lowest BCUT2D eigenvalue weighted by atomic mass is 9.59. The highest BCUT2D eigenvalue weighted by molar-refractivity contribution is 5.69. The molecule has 2 aromatic carbocycles. The Hall–Kier alpha value is -3.35. The zero-order chi connectivity index (χ0) is 26.1. The van der Waals surface area contributed by atoms with Gasteiger partial charge in [0.05, 0.1) is 29.7 Å². The topological polar surface area (TPSA) is 86.3 Å². The van der Waals surface area contributed by atoms with Crippen molar-refractivity contribution < 1.29 is 14.3 Å². The Kier molecular flexibility index (Phi) is 9.20. The second-order valence-electron chi connectivity index (χ2n) is 10.2. The van der Waals surface area contributed by atoms with Crippen LogP contribution in [0.5, 0.6) is 5.75 Å². The van der Waals surface area contributed by atoms with Gasteiger partial charge in [-0.3, -0.25) is 4.79 Å². The average molecular weight is 500 g/mol. The SMILES string of the molecule is CCC(=O)O[C@H]1CCC[C@@H]1C(C#N)(c1ccccc1)C1CCN(CCCOc2ccc(C#N)cc2)CC1. The van der Waals surface area contributed by atoms with E-state index in [1.54, 1.807) is 12.1 Å². The number of carbonyl (C=O) groups is 1. The fourth-order valence-corrected chi connectivity index (χ4v) is 6.26. The van der Waals surface area contributed by atoms with Crippen LogP contribution in [0.15, 0.2) is 54.6 Å². The minimum atomic E-state index is -0.652. The van der Waals surface area contributed by atoms with Crippen molar-refractivity contribution in [2.45, 2.75) is 63.4 Å². The molecule has 0 amide bonds. The van der Waals surface area contributed by atoms with Crippen LogP contribution in [0.25, 0.3) is 0 Å². The summed E-state index contributed by atoms with van der Waals surface area (Å²) >= 11 is 0. The molecule has 2 aliphatic rings. The lowest BCUT2D eigenvalue weighted by Gasteiger charge is -2.45. The van der Waals surface area contributed by atoms with Crippen molar-refractivity contribution in [2.24, 2.45) is 11.8 Å². The number of hydrogen-bond acceptors (Lipinski definition) is 6. The van der Waals surface area contributed by atoms with Crippen LogP contribution in [-0.2, 0) is 14.9 Å². The molecule has 0 N–H and O–H groups in total. The molecule has 37 heavy (non-hydrogen) atoms. The van der Waals surface area contributed by atoms with E-state index in [4.69, 9.17) is 14.7 Å². The Morgan fingerprint density at radius 1 is 1.03 bits per heavy atom. The van der Waals surface area contributed by atoms with Gasteiger partial charge in [0.2, 0.25) is 0 Å². The Labute approximate surface area is 220 Å². The number of piperidine rings is 1. The molecule has 6 nitrogen and oxygen atoms in total. The Balaban J connectivity index is 1.39. The van der Waals surface area contributed by atoms with E-state index >= 15 is 0 Å². The summed E-state index contributed by atoms with van der Waals surface area (Å²) in [6.07, 6.45) is 5.73. The van der Waals surface area contributed by atoms with Gasteiger partial charge >= 0.3 is 5.97 Å². The molecule has 1 aliphatic carbocycles. The van der Waals surface area contributed by atoms with Crippen molar-refractivity contribution in [3.05, 3.63) is 65.7 Å². The average Bonchev–Trinajstić information content (AvgIpc) is 3.41. The highest BCUT2D eigenvalue weighted by atomic mass is 16.5. The van der Waals surface area contributed by atoms with Crippen molar-refractivity contribution in [1.82, 2.24) is 4.90 Å². The number of carbonyl (C=O) groups excluding carboxylic acids is 1. The van der Waals surface area contributed by atoms with Gasteiger partial charge < -0.3 is 14.4 Å². The maximum absolute atomic E-state index is 12.2. The lowest BCUT2D eigenvalue weighted by molar-refractivity contribution is -0.151. The number of nitriles is 2. The summed E-state index contributed by atoms with van der Waals surface area (Å²) in [5.74, 6) is 0.855. The van der Waals surface area contributed by atoms with Gasteiger partial charge in [0.15, 0.2) is 0 Å². The largest absolute Gasteiger partial charge is 0.494 e. The second-order valence-corrected chi connectivity index (χ2v) is 10.2. The Morgan fingerprint density at radius 2 is 1.76 bits per heavy atom. The molecule has 0 spiro atoms. The van der Waals surface area contributed by atoms with Gasteiger partial charge in [-0.15, -0.1) is 0 Å². The molecular weight excluding hydrogens is 462 g/mol. The molecule has 2 aromatic rings. The molecule has 0 radical (unpaired) electrons. The quantitative estimate of drug-likeness (QED) is 0.311. The maximum atomic E-state index is 12.2. The van der Waals surface area contributed by atoms with E-state index in [0.29, 0.717) is 18.6 Å². The molecule has 2 fully saturated rings. The molecule has 4 rings (SSSR count). The minimum absolute atomic E-state index is 0.0211. The van der Waals surface area contributed by atoms with Gasteiger partial charge in [0.1, 0.15) is 11.9 Å². The number of hydrogen-bond donors (Lipinski definition) is 0. The Bertz CT molecular complexity index is 1100. The monoisotopic (exact) mass is 499 g/mol. The first-order valence-electron chi connectivity index (χ1n) is 13.6. The number of rotatable bonds is 10. The van der Waals surface area contributed by atoms with Crippen LogP contribution in [0.1, 0.15) is 63.0 Å². The van der Waals surface area contributed by atoms with Crippen LogP contribution < -0.4 is 4.74 Å². The molecular formula is C31H37N3O3.